The van der Waals surface area contributed by atoms with Crippen LogP contribution in [0.15, 0.2) is 30.3 Å². The number of carbonyl (C=O) groups is 3. The molecule has 0 fully saturated rings. The lowest BCUT2D eigenvalue weighted by Crippen LogP contribution is -2.56. The van der Waals surface area contributed by atoms with Gasteiger partial charge in [-0.3, -0.25) is 14.4 Å². The van der Waals surface area contributed by atoms with Crippen LogP contribution in [0.25, 0.3) is 0 Å². The van der Waals surface area contributed by atoms with Crippen LogP contribution in [0, 0.1) is 0 Å². The van der Waals surface area contributed by atoms with E-state index in [1.807, 2.05) is 30.3 Å². The van der Waals surface area contributed by atoms with E-state index < -0.39 is 29.0 Å². The normalized spacial score (nSPS) is 11.7. The van der Waals surface area contributed by atoms with E-state index in [1.165, 1.54) is 0 Å². The molecule has 0 aliphatic carbocycles. The van der Waals surface area contributed by atoms with Gasteiger partial charge in [0.1, 0.15) is 0 Å². The van der Waals surface area contributed by atoms with Crippen molar-refractivity contribution in [1.29, 1.82) is 0 Å². The van der Waals surface area contributed by atoms with E-state index in [-0.39, 0.29) is 0 Å². The fraction of sp³-hybridized carbons (Fsp3) is 0.591. The molecule has 0 spiro atoms. The third-order valence-electron chi connectivity index (χ3n) is 4.54. The van der Waals surface area contributed by atoms with Crippen molar-refractivity contribution in [2.24, 2.45) is 0 Å². The molecule has 3 amide bonds. The van der Waals surface area contributed by atoms with Crippen molar-refractivity contribution >= 4 is 30.4 Å². The Morgan fingerprint density at radius 1 is 0.828 bits per heavy atom. The molecule has 1 rings (SSSR count). The maximum absolute atomic E-state index is 12.6. The minimum atomic E-state index is -1.25. The van der Waals surface area contributed by atoms with Gasteiger partial charge in [0.05, 0.1) is 5.25 Å². The zero-order valence-corrected chi connectivity index (χ0v) is 18.5. The summed E-state index contributed by atoms with van der Waals surface area (Å²) >= 11 is 4.37. The summed E-state index contributed by atoms with van der Waals surface area (Å²) in [4.78, 5) is 37.7. The second kappa shape index (κ2) is 14.9. The minimum Gasteiger partial charge on any atom is -0.354 e. The van der Waals surface area contributed by atoms with Crippen molar-refractivity contribution in [3.63, 3.8) is 0 Å². The number of hydrogen-bond donors (Lipinski definition) is 4. The van der Waals surface area contributed by atoms with Gasteiger partial charge in [-0.15, -0.1) is 0 Å². The molecular formula is C22H35N3O3S. The highest BCUT2D eigenvalue weighted by Crippen LogP contribution is 2.08. The molecule has 0 aliphatic rings. The number of amides is 3. The van der Waals surface area contributed by atoms with Crippen LogP contribution in [0.1, 0.15) is 57.9 Å². The first-order valence-corrected chi connectivity index (χ1v) is 11.1. The van der Waals surface area contributed by atoms with Gasteiger partial charge in [-0.1, -0.05) is 69.9 Å². The monoisotopic (exact) mass is 421 g/mol. The molecule has 1 aromatic rings. The van der Waals surface area contributed by atoms with Crippen LogP contribution in [0.3, 0.4) is 0 Å². The number of hydrogen-bond acceptors (Lipinski definition) is 4. The van der Waals surface area contributed by atoms with Gasteiger partial charge in [-0.2, -0.15) is 12.6 Å². The first kappa shape index (κ1) is 25.0. The van der Waals surface area contributed by atoms with Crippen LogP contribution in [-0.4, -0.2) is 42.1 Å². The fourth-order valence-electron chi connectivity index (χ4n) is 2.80. The Bertz CT molecular complexity index is 601. The maximum atomic E-state index is 12.6. The van der Waals surface area contributed by atoms with Crippen molar-refractivity contribution in [2.75, 3.05) is 13.1 Å². The van der Waals surface area contributed by atoms with Crippen molar-refractivity contribution in [3.8, 4) is 0 Å². The molecule has 0 saturated carbocycles. The number of thiol groups is 1. The molecule has 1 unspecified atom stereocenters. The Kier molecular flexibility index (Phi) is 12.9. The van der Waals surface area contributed by atoms with Gasteiger partial charge in [-0.25, -0.2) is 0 Å². The summed E-state index contributed by atoms with van der Waals surface area (Å²) in [7, 11) is 0. The lowest BCUT2D eigenvalue weighted by atomic mass is 10.1. The molecule has 0 aliphatic heterocycles. The van der Waals surface area contributed by atoms with Crippen molar-refractivity contribution in [2.45, 2.75) is 70.1 Å². The predicted molar refractivity (Wildman–Crippen MR) is 120 cm³/mol. The first-order valence-electron chi connectivity index (χ1n) is 10.6. The van der Waals surface area contributed by atoms with Crippen molar-refractivity contribution in [1.82, 2.24) is 16.0 Å². The zero-order chi connectivity index (χ0) is 21.5. The van der Waals surface area contributed by atoms with Crippen LogP contribution >= 0.6 is 12.6 Å². The number of nitrogens with one attached hydrogen (secondary N) is 3. The molecule has 1 aromatic carbocycles. The summed E-state index contributed by atoms with van der Waals surface area (Å²) in [5.74, 6) is -1.40. The van der Waals surface area contributed by atoms with Gasteiger partial charge in [-0.05, 0) is 24.8 Å². The third-order valence-corrected chi connectivity index (χ3v) is 4.96. The SMILES string of the molecule is CCCCCNC(=O)C(NC(=O)C(S)Cc1ccccc1)C(=O)NCCCCC. The topological polar surface area (TPSA) is 87.3 Å². The van der Waals surface area contributed by atoms with Crippen LogP contribution < -0.4 is 16.0 Å². The number of carbonyl (C=O) groups excluding carboxylic acids is 3. The van der Waals surface area contributed by atoms with Crippen molar-refractivity contribution in [3.05, 3.63) is 35.9 Å². The highest BCUT2D eigenvalue weighted by Gasteiger charge is 2.29. The molecular weight excluding hydrogens is 386 g/mol. The zero-order valence-electron chi connectivity index (χ0n) is 17.6. The summed E-state index contributed by atoms with van der Waals surface area (Å²) in [6.45, 7) is 5.12. The van der Waals surface area contributed by atoms with E-state index in [1.54, 1.807) is 0 Å². The molecule has 162 valence electrons. The van der Waals surface area contributed by atoms with E-state index >= 15 is 0 Å². The highest BCUT2D eigenvalue weighted by atomic mass is 32.1. The molecule has 0 saturated heterocycles. The predicted octanol–water partition coefficient (Wildman–Crippen LogP) is 2.63. The average Bonchev–Trinajstić information content (AvgIpc) is 2.72. The van der Waals surface area contributed by atoms with E-state index in [2.05, 4.69) is 42.4 Å². The molecule has 7 heteroatoms. The highest BCUT2D eigenvalue weighted by molar-refractivity contribution is 7.81. The number of benzene rings is 1. The average molecular weight is 422 g/mol. The van der Waals surface area contributed by atoms with Crippen LogP contribution in [0.2, 0.25) is 0 Å². The summed E-state index contributed by atoms with van der Waals surface area (Å²) in [6, 6.07) is 8.26. The van der Waals surface area contributed by atoms with E-state index in [0.717, 1.165) is 44.1 Å². The van der Waals surface area contributed by atoms with Gasteiger partial charge in [0.25, 0.3) is 11.8 Å². The molecule has 0 aromatic heterocycles. The van der Waals surface area contributed by atoms with E-state index in [4.69, 9.17) is 0 Å². The third kappa shape index (κ3) is 10.4. The second-order valence-electron chi connectivity index (χ2n) is 7.14. The Labute approximate surface area is 180 Å². The quantitative estimate of drug-likeness (QED) is 0.212. The van der Waals surface area contributed by atoms with Gasteiger partial charge in [0, 0.05) is 13.1 Å². The Hall–Kier alpha value is -2.02. The molecule has 29 heavy (non-hydrogen) atoms. The Morgan fingerprint density at radius 3 is 1.83 bits per heavy atom. The van der Waals surface area contributed by atoms with Gasteiger partial charge < -0.3 is 16.0 Å². The molecule has 6 nitrogen and oxygen atoms in total. The van der Waals surface area contributed by atoms with Gasteiger partial charge in [0.15, 0.2) is 6.04 Å². The smallest absolute Gasteiger partial charge is 0.252 e. The summed E-state index contributed by atoms with van der Waals surface area (Å²) < 4.78 is 0. The number of rotatable bonds is 14. The summed E-state index contributed by atoms with van der Waals surface area (Å²) in [5.41, 5.74) is 0.965. The number of unbranched alkanes of at least 4 members (excludes halogenated alkanes) is 4. The molecule has 3 N–H and O–H groups in total. The van der Waals surface area contributed by atoms with E-state index in [0.29, 0.717) is 19.5 Å². The second-order valence-corrected chi connectivity index (χ2v) is 7.77. The largest absolute Gasteiger partial charge is 0.354 e. The summed E-state index contributed by atoms with van der Waals surface area (Å²) in [6.07, 6.45) is 6.16. The Balaban J connectivity index is 2.68. The summed E-state index contributed by atoms with van der Waals surface area (Å²) in [5, 5.41) is 7.44. The van der Waals surface area contributed by atoms with Gasteiger partial charge >= 0.3 is 0 Å². The molecule has 0 bridgehead atoms. The van der Waals surface area contributed by atoms with Crippen LogP contribution in [0.5, 0.6) is 0 Å². The minimum absolute atomic E-state index is 0.415. The molecule has 0 heterocycles. The van der Waals surface area contributed by atoms with E-state index in [9.17, 15) is 14.4 Å². The molecule has 0 radical (unpaired) electrons. The van der Waals surface area contributed by atoms with Crippen LogP contribution in [-0.2, 0) is 20.8 Å². The Morgan fingerprint density at radius 2 is 1.34 bits per heavy atom. The lowest BCUT2D eigenvalue weighted by Gasteiger charge is -2.20. The first-order chi connectivity index (χ1) is 14.0. The van der Waals surface area contributed by atoms with Crippen LogP contribution in [0.4, 0.5) is 0 Å². The standard InChI is InChI=1S/C22H35N3O3S/c1-3-5-10-14-23-21(27)19(22(28)24-15-11-6-4-2)25-20(26)18(29)16-17-12-8-7-9-13-17/h7-9,12-13,18-19,29H,3-6,10-11,14-16H2,1-2H3,(H,23,27)(H,24,28)(H,25,26). The molecule has 1 atom stereocenters. The lowest BCUT2D eigenvalue weighted by molar-refractivity contribution is -0.136. The van der Waals surface area contributed by atoms with Crippen molar-refractivity contribution < 1.29 is 14.4 Å². The fourth-order valence-corrected chi connectivity index (χ4v) is 3.08. The maximum Gasteiger partial charge on any atom is 0.252 e. The van der Waals surface area contributed by atoms with Gasteiger partial charge in [0.2, 0.25) is 5.91 Å².